The maximum absolute atomic E-state index is 8.73. The van der Waals surface area contributed by atoms with Crippen LogP contribution in [0.1, 0.15) is 11.1 Å². The van der Waals surface area contributed by atoms with Gasteiger partial charge in [-0.15, -0.1) is 0 Å². The number of nitrogens with zero attached hydrogens (tertiary/aromatic N) is 1. The summed E-state index contributed by atoms with van der Waals surface area (Å²) < 4.78 is 7.35. The van der Waals surface area contributed by atoms with Crippen LogP contribution in [0.2, 0.25) is 10.0 Å². The van der Waals surface area contributed by atoms with Gasteiger partial charge in [-0.2, -0.15) is 0 Å². The van der Waals surface area contributed by atoms with Crippen LogP contribution in [0.4, 0.5) is 0 Å². The molecule has 0 saturated heterocycles. The van der Waals surface area contributed by atoms with Gasteiger partial charge < -0.3 is 9.94 Å². The molecule has 2 aromatic rings. The maximum Gasteiger partial charge on any atom is 0.142 e. The first-order valence-electron chi connectivity index (χ1n) is 5.74. The van der Waals surface area contributed by atoms with Crippen molar-refractivity contribution in [2.45, 2.75) is 6.61 Å². The third kappa shape index (κ3) is 4.36. The first-order chi connectivity index (χ1) is 10.0. The normalized spacial score (nSPS) is 11.0. The van der Waals surface area contributed by atoms with Crippen LogP contribution in [-0.4, -0.2) is 11.4 Å². The number of benzene rings is 2. The van der Waals surface area contributed by atoms with Crippen molar-refractivity contribution in [1.82, 2.24) is 0 Å². The lowest BCUT2D eigenvalue weighted by molar-refractivity contribution is 0.302. The molecule has 0 heterocycles. The van der Waals surface area contributed by atoms with Crippen LogP contribution >= 0.6 is 55.1 Å². The third-order valence-electron chi connectivity index (χ3n) is 2.62. The smallest absolute Gasteiger partial charge is 0.142 e. The van der Waals surface area contributed by atoms with Gasteiger partial charge in [0.05, 0.1) is 10.7 Å². The second kappa shape index (κ2) is 7.49. The molecule has 0 spiro atoms. The van der Waals surface area contributed by atoms with Crippen LogP contribution < -0.4 is 4.74 Å². The minimum absolute atomic E-state index is 0.266. The van der Waals surface area contributed by atoms with Crippen molar-refractivity contribution < 1.29 is 9.94 Å². The fraction of sp³-hybridized carbons (Fsp3) is 0.0714. The molecule has 21 heavy (non-hydrogen) atoms. The lowest BCUT2D eigenvalue weighted by Gasteiger charge is -2.12. The van der Waals surface area contributed by atoms with Crippen molar-refractivity contribution in [3.05, 3.63) is 60.4 Å². The Balaban J connectivity index is 2.27. The number of hydrogen-bond donors (Lipinski definition) is 1. The van der Waals surface area contributed by atoms with Gasteiger partial charge in [0.2, 0.25) is 0 Å². The van der Waals surface area contributed by atoms with E-state index >= 15 is 0 Å². The molecule has 0 unspecified atom stereocenters. The van der Waals surface area contributed by atoms with E-state index in [0.717, 1.165) is 14.5 Å². The summed E-state index contributed by atoms with van der Waals surface area (Å²) in [6.07, 6.45) is 1.30. The summed E-state index contributed by atoms with van der Waals surface area (Å²) in [5, 5.41) is 12.9. The second-order valence-corrected chi connectivity index (χ2v) is 6.69. The van der Waals surface area contributed by atoms with Gasteiger partial charge in [-0.1, -0.05) is 50.4 Å². The Labute approximate surface area is 148 Å². The number of ether oxygens (including phenoxy) is 1. The largest absolute Gasteiger partial charge is 0.487 e. The van der Waals surface area contributed by atoms with Gasteiger partial charge in [-0.25, -0.2) is 0 Å². The molecule has 2 aromatic carbocycles. The predicted octanol–water partition coefficient (Wildman–Crippen LogP) is 5.91. The van der Waals surface area contributed by atoms with Gasteiger partial charge in [0, 0.05) is 25.6 Å². The molecule has 0 bridgehead atoms. The fourth-order valence-electron chi connectivity index (χ4n) is 1.68. The molecular weight excluding hydrogens is 445 g/mol. The quantitative estimate of drug-likeness (QED) is 0.355. The number of rotatable bonds is 4. The van der Waals surface area contributed by atoms with E-state index < -0.39 is 0 Å². The van der Waals surface area contributed by atoms with Gasteiger partial charge in [-0.05, 0) is 40.2 Å². The molecule has 1 N–H and O–H groups in total. The molecular formula is C14H9Br2Cl2NO2. The molecule has 7 heteroatoms. The van der Waals surface area contributed by atoms with Crippen molar-refractivity contribution in [3.63, 3.8) is 0 Å². The van der Waals surface area contributed by atoms with Gasteiger partial charge in [0.25, 0.3) is 0 Å². The summed E-state index contributed by atoms with van der Waals surface area (Å²) in [6, 6.07) is 8.83. The van der Waals surface area contributed by atoms with Crippen LogP contribution in [-0.2, 0) is 6.61 Å². The van der Waals surface area contributed by atoms with Crippen LogP contribution in [0.3, 0.4) is 0 Å². The highest BCUT2D eigenvalue weighted by Crippen LogP contribution is 2.33. The average Bonchev–Trinajstić information content (AvgIpc) is 2.40. The highest BCUT2D eigenvalue weighted by atomic mass is 79.9. The van der Waals surface area contributed by atoms with Gasteiger partial charge in [0.15, 0.2) is 0 Å². The van der Waals surface area contributed by atoms with Gasteiger partial charge >= 0.3 is 0 Å². The third-order valence-corrected chi connectivity index (χ3v) is 4.25. The summed E-state index contributed by atoms with van der Waals surface area (Å²) in [4.78, 5) is 0. The SMILES string of the molecule is O/N=C\c1cc(Br)cc(Br)c1OCc1ccc(Cl)cc1Cl. The molecule has 0 fully saturated rings. The summed E-state index contributed by atoms with van der Waals surface area (Å²) in [5.74, 6) is 0.557. The lowest BCUT2D eigenvalue weighted by atomic mass is 10.2. The van der Waals surface area contributed by atoms with E-state index in [1.54, 1.807) is 24.3 Å². The molecule has 3 nitrogen and oxygen atoms in total. The zero-order valence-corrected chi connectivity index (χ0v) is 15.2. The van der Waals surface area contributed by atoms with Crippen LogP contribution in [0.15, 0.2) is 44.4 Å². The zero-order valence-electron chi connectivity index (χ0n) is 10.5. The standard InChI is InChI=1S/C14H9Br2Cl2NO2/c15-10-3-9(6-19-20)14(12(16)4-10)21-7-8-1-2-11(17)5-13(8)18/h1-6,20H,7H2/b19-6-. The Morgan fingerprint density at radius 1 is 1.19 bits per heavy atom. The van der Waals surface area contributed by atoms with Gasteiger partial charge in [-0.3, -0.25) is 0 Å². The van der Waals surface area contributed by atoms with E-state index in [0.29, 0.717) is 21.4 Å². The molecule has 110 valence electrons. The summed E-state index contributed by atoms with van der Waals surface area (Å²) in [7, 11) is 0. The zero-order chi connectivity index (χ0) is 15.4. The highest BCUT2D eigenvalue weighted by molar-refractivity contribution is 9.11. The molecule has 0 amide bonds. The monoisotopic (exact) mass is 451 g/mol. The second-order valence-electron chi connectivity index (χ2n) is 4.07. The average molecular weight is 454 g/mol. The molecule has 0 saturated carbocycles. The minimum atomic E-state index is 0.266. The van der Waals surface area contributed by atoms with E-state index in [-0.39, 0.29) is 6.61 Å². The lowest BCUT2D eigenvalue weighted by Crippen LogP contribution is -2.00. The number of oxime groups is 1. The van der Waals surface area contributed by atoms with Gasteiger partial charge in [0.1, 0.15) is 12.4 Å². The van der Waals surface area contributed by atoms with Crippen molar-refractivity contribution in [2.75, 3.05) is 0 Å². The van der Waals surface area contributed by atoms with Crippen LogP contribution in [0.25, 0.3) is 0 Å². The van der Waals surface area contributed by atoms with E-state index in [9.17, 15) is 0 Å². The topological polar surface area (TPSA) is 41.8 Å². The summed E-state index contributed by atoms with van der Waals surface area (Å²) >= 11 is 18.8. The maximum atomic E-state index is 8.73. The van der Waals surface area contributed by atoms with E-state index in [1.165, 1.54) is 6.21 Å². The summed E-state index contributed by atoms with van der Waals surface area (Å²) in [6.45, 7) is 0.266. The number of hydrogen-bond acceptors (Lipinski definition) is 3. The van der Waals surface area contributed by atoms with E-state index in [1.807, 2.05) is 6.07 Å². The Morgan fingerprint density at radius 3 is 2.62 bits per heavy atom. The predicted molar refractivity (Wildman–Crippen MR) is 92.0 cm³/mol. The van der Waals surface area contributed by atoms with Crippen molar-refractivity contribution in [1.29, 1.82) is 0 Å². The van der Waals surface area contributed by atoms with Crippen LogP contribution in [0, 0.1) is 0 Å². The molecule has 0 aliphatic carbocycles. The Morgan fingerprint density at radius 2 is 1.95 bits per heavy atom. The minimum Gasteiger partial charge on any atom is -0.487 e. The molecule has 2 rings (SSSR count). The molecule has 0 radical (unpaired) electrons. The molecule has 0 atom stereocenters. The highest BCUT2D eigenvalue weighted by Gasteiger charge is 2.11. The van der Waals surface area contributed by atoms with Crippen molar-refractivity contribution in [3.8, 4) is 5.75 Å². The fourth-order valence-corrected chi connectivity index (χ4v) is 3.52. The van der Waals surface area contributed by atoms with Crippen molar-refractivity contribution in [2.24, 2.45) is 5.16 Å². The molecule has 0 aliphatic heterocycles. The van der Waals surface area contributed by atoms with E-state index in [2.05, 4.69) is 37.0 Å². The summed E-state index contributed by atoms with van der Waals surface area (Å²) in [5.41, 5.74) is 1.44. The van der Waals surface area contributed by atoms with Crippen molar-refractivity contribution >= 4 is 61.3 Å². The first kappa shape index (κ1) is 16.6. The first-order valence-corrected chi connectivity index (χ1v) is 8.08. The molecule has 0 aliphatic rings. The van der Waals surface area contributed by atoms with E-state index in [4.69, 9.17) is 33.1 Å². The number of halogens is 4. The Bertz CT molecular complexity index is 693. The van der Waals surface area contributed by atoms with Crippen LogP contribution in [0.5, 0.6) is 5.75 Å². The molecule has 0 aromatic heterocycles. The Hall–Kier alpha value is -0.750. The Kier molecular flexibility index (Phi) is 5.93.